The van der Waals surface area contributed by atoms with Crippen molar-refractivity contribution in [2.24, 2.45) is 0 Å². The van der Waals surface area contributed by atoms with E-state index in [1.54, 1.807) is 12.1 Å². The molecule has 0 heterocycles. The average Bonchev–Trinajstić information content (AvgIpc) is 2.58. The maximum absolute atomic E-state index is 12.3. The van der Waals surface area contributed by atoms with Crippen LogP contribution in [0.2, 0.25) is 0 Å². The van der Waals surface area contributed by atoms with Gasteiger partial charge in [0.05, 0.1) is 18.8 Å². The summed E-state index contributed by atoms with van der Waals surface area (Å²) in [6, 6.07) is 9.26. The lowest BCUT2D eigenvalue weighted by atomic mass is 9.96. The van der Waals surface area contributed by atoms with Crippen molar-refractivity contribution < 1.29 is 14.3 Å². The molecule has 0 radical (unpaired) electrons. The summed E-state index contributed by atoms with van der Waals surface area (Å²) in [6.45, 7) is 9.86. The first kappa shape index (κ1) is 19.5. The van der Waals surface area contributed by atoms with E-state index in [1.165, 1.54) is 12.7 Å². The molecule has 2 N–H and O–H groups in total. The molecule has 1 unspecified atom stereocenters. The summed E-state index contributed by atoms with van der Waals surface area (Å²) in [4.78, 5) is 24.6. The van der Waals surface area contributed by atoms with Gasteiger partial charge in [-0.2, -0.15) is 0 Å². The van der Waals surface area contributed by atoms with Crippen molar-refractivity contribution in [2.75, 3.05) is 12.4 Å². The number of hydrogen-bond acceptors (Lipinski definition) is 3. The van der Waals surface area contributed by atoms with Gasteiger partial charge in [-0.25, -0.2) is 0 Å². The SMILES string of the molecule is COc1ccc(C)cc1NC(=O)C(=O)NC(C)c1cc(C)c(C)cc1C. The van der Waals surface area contributed by atoms with E-state index in [-0.39, 0.29) is 6.04 Å². The second-order valence-corrected chi connectivity index (χ2v) is 6.65. The first-order valence-electron chi connectivity index (χ1n) is 8.57. The molecule has 0 aliphatic heterocycles. The summed E-state index contributed by atoms with van der Waals surface area (Å²) in [5.41, 5.74) is 5.88. The molecule has 0 bridgehead atoms. The monoisotopic (exact) mass is 354 g/mol. The van der Waals surface area contributed by atoms with Crippen LogP contribution in [0, 0.1) is 27.7 Å². The molecule has 2 amide bonds. The highest BCUT2D eigenvalue weighted by Gasteiger charge is 2.20. The minimum atomic E-state index is -0.720. The van der Waals surface area contributed by atoms with Gasteiger partial charge in [0.2, 0.25) is 0 Å². The highest BCUT2D eigenvalue weighted by Crippen LogP contribution is 2.25. The molecule has 5 nitrogen and oxygen atoms in total. The van der Waals surface area contributed by atoms with Gasteiger partial charge in [-0.05, 0) is 74.6 Å². The van der Waals surface area contributed by atoms with E-state index in [4.69, 9.17) is 4.74 Å². The topological polar surface area (TPSA) is 67.4 Å². The van der Waals surface area contributed by atoms with Crippen LogP contribution in [-0.4, -0.2) is 18.9 Å². The minimum Gasteiger partial charge on any atom is -0.495 e. The van der Waals surface area contributed by atoms with Crippen molar-refractivity contribution in [1.29, 1.82) is 0 Å². The molecule has 138 valence electrons. The van der Waals surface area contributed by atoms with Gasteiger partial charge >= 0.3 is 11.8 Å². The quantitative estimate of drug-likeness (QED) is 0.822. The third-order valence-corrected chi connectivity index (χ3v) is 4.51. The molecule has 0 spiro atoms. The van der Waals surface area contributed by atoms with Crippen LogP contribution in [0.1, 0.15) is 40.8 Å². The van der Waals surface area contributed by atoms with E-state index in [9.17, 15) is 9.59 Å². The van der Waals surface area contributed by atoms with Crippen LogP contribution in [0.25, 0.3) is 0 Å². The van der Waals surface area contributed by atoms with Crippen LogP contribution < -0.4 is 15.4 Å². The summed E-state index contributed by atoms with van der Waals surface area (Å²) < 4.78 is 5.23. The smallest absolute Gasteiger partial charge is 0.313 e. The van der Waals surface area contributed by atoms with E-state index in [2.05, 4.69) is 29.7 Å². The van der Waals surface area contributed by atoms with E-state index >= 15 is 0 Å². The van der Waals surface area contributed by atoms with Gasteiger partial charge in [0.15, 0.2) is 0 Å². The molecule has 2 aromatic carbocycles. The van der Waals surface area contributed by atoms with Crippen molar-refractivity contribution in [3.63, 3.8) is 0 Å². The number of nitrogens with one attached hydrogen (secondary N) is 2. The molecule has 2 aromatic rings. The number of rotatable bonds is 4. The van der Waals surface area contributed by atoms with Crippen LogP contribution in [0.5, 0.6) is 5.75 Å². The molecule has 0 aliphatic rings. The highest BCUT2D eigenvalue weighted by molar-refractivity contribution is 6.39. The Morgan fingerprint density at radius 3 is 2.23 bits per heavy atom. The molecular weight excluding hydrogens is 328 g/mol. The lowest BCUT2D eigenvalue weighted by Gasteiger charge is -2.18. The van der Waals surface area contributed by atoms with Crippen LogP contribution >= 0.6 is 0 Å². The third kappa shape index (κ3) is 4.42. The molecule has 5 heteroatoms. The summed E-state index contributed by atoms with van der Waals surface area (Å²) in [5, 5.41) is 5.38. The molecule has 0 saturated heterocycles. The zero-order valence-electron chi connectivity index (χ0n) is 16.2. The Morgan fingerprint density at radius 1 is 0.923 bits per heavy atom. The van der Waals surface area contributed by atoms with Crippen LogP contribution in [0.3, 0.4) is 0 Å². The van der Waals surface area contributed by atoms with Gasteiger partial charge in [0, 0.05) is 0 Å². The Hall–Kier alpha value is -2.82. The Morgan fingerprint density at radius 2 is 1.58 bits per heavy atom. The second kappa shape index (κ2) is 8.04. The molecule has 1 atom stereocenters. The molecule has 2 rings (SSSR count). The summed E-state index contributed by atoms with van der Waals surface area (Å²) in [6.07, 6.45) is 0. The maximum atomic E-state index is 12.3. The van der Waals surface area contributed by atoms with E-state index in [0.717, 1.165) is 22.3 Å². The van der Waals surface area contributed by atoms with Crippen molar-refractivity contribution in [1.82, 2.24) is 5.32 Å². The van der Waals surface area contributed by atoms with Crippen molar-refractivity contribution in [2.45, 2.75) is 40.7 Å². The zero-order valence-corrected chi connectivity index (χ0v) is 16.2. The first-order valence-corrected chi connectivity index (χ1v) is 8.57. The molecule has 0 aliphatic carbocycles. The number of benzene rings is 2. The lowest BCUT2D eigenvalue weighted by Crippen LogP contribution is -2.37. The predicted octanol–water partition coefficient (Wildman–Crippen LogP) is 3.74. The van der Waals surface area contributed by atoms with Crippen molar-refractivity contribution >= 4 is 17.5 Å². The van der Waals surface area contributed by atoms with E-state index < -0.39 is 11.8 Å². The fourth-order valence-electron chi connectivity index (χ4n) is 2.89. The molecule has 26 heavy (non-hydrogen) atoms. The summed E-state index contributed by atoms with van der Waals surface area (Å²) in [5.74, 6) is -0.893. The van der Waals surface area contributed by atoms with Crippen molar-refractivity contribution in [3.05, 3.63) is 58.1 Å². The number of hydrogen-bond donors (Lipinski definition) is 2. The van der Waals surface area contributed by atoms with E-state index in [0.29, 0.717) is 11.4 Å². The Kier molecular flexibility index (Phi) is 6.03. The van der Waals surface area contributed by atoms with E-state index in [1.807, 2.05) is 33.8 Å². The zero-order chi connectivity index (χ0) is 19.4. The summed E-state index contributed by atoms with van der Waals surface area (Å²) >= 11 is 0. The largest absolute Gasteiger partial charge is 0.495 e. The van der Waals surface area contributed by atoms with Gasteiger partial charge in [-0.15, -0.1) is 0 Å². The van der Waals surface area contributed by atoms with Crippen LogP contribution in [-0.2, 0) is 9.59 Å². The predicted molar refractivity (Wildman–Crippen MR) is 104 cm³/mol. The van der Waals surface area contributed by atoms with Gasteiger partial charge in [-0.3, -0.25) is 9.59 Å². The number of carbonyl (C=O) groups is 2. The fraction of sp³-hybridized carbons (Fsp3) is 0.333. The molecule has 0 saturated carbocycles. The number of anilines is 1. The number of aryl methyl sites for hydroxylation is 4. The van der Waals surface area contributed by atoms with Gasteiger partial charge in [0.25, 0.3) is 0 Å². The van der Waals surface area contributed by atoms with Crippen LogP contribution in [0.4, 0.5) is 5.69 Å². The number of amides is 2. The standard InChI is InChI=1S/C21H26N2O3/c1-12-7-8-19(26-6)18(9-12)23-21(25)20(24)22-16(5)17-11-14(3)13(2)10-15(17)4/h7-11,16H,1-6H3,(H,22,24)(H,23,25). The van der Waals surface area contributed by atoms with Gasteiger partial charge in [0.1, 0.15) is 5.75 Å². The Labute approximate surface area is 154 Å². The Balaban J connectivity index is 2.11. The second-order valence-electron chi connectivity index (χ2n) is 6.65. The minimum absolute atomic E-state index is 0.271. The molecule has 0 aromatic heterocycles. The maximum Gasteiger partial charge on any atom is 0.313 e. The average molecular weight is 354 g/mol. The molecular formula is C21H26N2O3. The normalized spacial score (nSPS) is 11.6. The lowest BCUT2D eigenvalue weighted by molar-refractivity contribution is -0.136. The Bertz CT molecular complexity index is 843. The number of ether oxygens (including phenoxy) is 1. The molecule has 0 fully saturated rings. The third-order valence-electron chi connectivity index (χ3n) is 4.51. The number of methoxy groups -OCH3 is 1. The summed E-state index contributed by atoms with van der Waals surface area (Å²) in [7, 11) is 1.52. The fourth-order valence-corrected chi connectivity index (χ4v) is 2.89. The first-order chi connectivity index (χ1) is 12.2. The van der Waals surface area contributed by atoms with Gasteiger partial charge in [-0.1, -0.05) is 18.2 Å². The highest BCUT2D eigenvalue weighted by atomic mass is 16.5. The number of carbonyl (C=O) groups excluding carboxylic acids is 2. The van der Waals surface area contributed by atoms with Gasteiger partial charge < -0.3 is 15.4 Å². The van der Waals surface area contributed by atoms with Crippen LogP contribution in [0.15, 0.2) is 30.3 Å². The van der Waals surface area contributed by atoms with Crippen molar-refractivity contribution in [3.8, 4) is 5.75 Å².